The second kappa shape index (κ2) is 7.14. The third-order valence-corrected chi connectivity index (χ3v) is 3.67. The molecule has 0 atom stereocenters. The van der Waals surface area contributed by atoms with Gasteiger partial charge in [0.2, 0.25) is 0 Å². The van der Waals surface area contributed by atoms with Gasteiger partial charge in [0, 0.05) is 6.54 Å². The van der Waals surface area contributed by atoms with Gasteiger partial charge in [-0.2, -0.15) is 0 Å². The van der Waals surface area contributed by atoms with Crippen LogP contribution in [0.2, 0.25) is 0 Å². The molecule has 1 aliphatic rings. The predicted octanol–water partition coefficient (Wildman–Crippen LogP) is 1.49. The molecule has 0 aliphatic carbocycles. The lowest BCUT2D eigenvalue weighted by molar-refractivity contribution is 0.0952. The highest BCUT2D eigenvalue weighted by molar-refractivity contribution is 6.00. The fourth-order valence-electron chi connectivity index (χ4n) is 2.53. The van der Waals surface area contributed by atoms with Gasteiger partial charge in [-0.15, -0.1) is 0 Å². The SMILES string of the molecule is COc1cccc(C(=O)NCCCN2CCCC2)c1N. The van der Waals surface area contributed by atoms with Gasteiger partial charge in [-0.05, 0) is 51.0 Å². The summed E-state index contributed by atoms with van der Waals surface area (Å²) in [6.07, 6.45) is 3.56. The maximum Gasteiger partial charge on any atom is 0.253 e. The molecule has 110 valence electrons. The van der Waals surface area contributed by atoms with Gasteiger partial charge in [0.25, 0.3) is 5.91 Å². The van der Waals surface area contributed by atoms with Crippen LogP contribution in [0.25, 0.3) is 0 Å². The molecule has 0 spiro atoms. The summed E-state index contributed by atoms with van der Waals surface area (Å²) in [5.41, 5.74) is 6.78. The molecule has 1 amide bonds. The summed E-state index contributed by atoms with van der Waals surface area (Å²) in [4.78, 5) is 14.5. The molecule has 0 saturated carbocycles. The summed E-state index contributed by atoms with van der Waals surface area (Å²) < 4.78 is 5.12. The van der Waals surface area contributed by atoms with Crippen molar-refractivity contribution in [2.75, 3.05) is 39.0 Å². The highest BCUT2D eigenvalue weighted by Crippen LogP contribution is 2.24. The molecule has 5 nitrogen and oxygen atoms in total. The number of nitrogens with one attached hydrogen (secondary N) is 1. The summed E-state index contributed by atoms with van der Waals surface area (Å²) in [5, 5.41) is 2.91. The molecule has 0 radical (unpaired) electrons. The number of amides is 1. The first-order valence-corrected chi connectivity index (χ1v) is 7.15. The van der Waals surface area contributed by atoms with E-state index >= 15 is 0 Å². The molecular formula is C15H23N3O2. The van der Waals surface area contributed by atoms with Gasteiger partial charge in [-0.1, -0.05) is 6.07 Å². The van der Waals surface area contributed by atoms with Crippen LogP contribution in [0.3, 0.4) is 0 Å². The van der Waals surface area contributed by atoms with Gasteiger partial charge < -0.3 is 20.7 Å². The molecule has 1 aromatic rings. The molecule has 1 fully saturated rings. The van der Waals surface area contributed by atoms with Crippen LogP contribution in [0.1, 0.15) is 29.6 Å². The third-order valence-electron chi connectivity index (χ3n) is 3.67. The average Bonchev–Trinajstić information content (AvgIpc) is 2.97. The van der Waals surface area contributed by atoms with Gasteiger partial charge >= 0.3 is 0 Å². The minimum absolute atomic E-state index is 0.136. The van der Waals surface area contributed by atoms with E-state index in [1.54, 1.807) is 25.3 Å². The highest BCUT2D eigenvalue weighted by atomic mass is 16.5. The molecule has 3 N–H and O–H groups in total. The number of methoxy groups -OCH3 is 1. The van der Waals surface area contributed by atoms with Crippen molar-refractivity contribution in [1.29, 1.82) is 0 Å². The van der Waals surface area contributed by atoms with Gasteiger partial charge in [-0.3, -0.25) is 4.79 Å². The Hall–Kier alpha value is -1.75. The number of ether oxygens (including phenoxy) is 1. The van der Waals surface area contributed by atoms with Crippen LogP contribution in [0.15, 0.2) is 18.2 Å². The smallest absolute Gasteiger partial charge is 0.253 e. The number of hydrogen-bond acceptors (Lipinski definition) is 4. The van der Waals surface area contributed by atoms with E-state index in [1.807, 2.05) is 0 Å². The van der Waals surface area contributed by atoms with Gasteiger partial charge in [0.05, 0.1) is 18.4 Å². The Morgan fingerprint density at radius 3 is 2.85 bits per heavy atom. The number of carbonyl (C=O) groups excluding carboxylic acids is 1. The molecule has 0 aromatic heterocycles. The molecule has 2 rings (SSSR count). The summed E-state index contributed by atoms with van der Waals surface area (Å²) in [6, 6.07) is 5.24. The normalized spacial score (nSPS) is 15.2. The fourth-order valence-corrected chi connectivity index (χ4v) is 2.53. The first-order valence-electron chi connectivity index (χ1n) is 7.15. The standard InChI is InChI=1S/C15H23N3O2/c1-20-13-7-4-6-12(14(13)16)15(19)17-8-5-11-18-9-2-3-10-18/h4,6-7H,2-3,5,8-11,16H2,1H3,(H,17,19). The molecular weight excluding hydrogens is 254 g/mol. The van der Waals surface area contributed by atoms with E-state index in [2.05, 4.69) is 10.2 Å². The Morgan fingerprint density at radius 2 is 2.15 bits per heavy atom. The zero-order valence-corrected chi connectivity index (χ0v) is 12.0. The Labute approximate surface area is 120 Å². The first-order chi connectivity index (χ1) is 9.72. The van der Waals surface area contributed by atoms with E-state index in [1.165, 1.54) is 25.9 Å². The Bertz CT molecular complexity index is 456. The Kier molecular flexibility index (Phi) is 5.24. The van der Waals surface area contributed by atoms with Gasteiger partial charge in [-0.25, -0.2) is 0 Å². The van der Waals surface area contributed by atoms with Crippen molar-refractivity contribution in [3.8, 4) is 5.75 Å². The summed E-state index contributed by atoms with van der Waals surface area (Å²) in [5.74, 6) is 0.400. The van der Waals surface area contributed by atoms with Crippen molar-refractivity contribution in [3.05, 3.63) is 23.8 Å². The number of nitrogen functional groups attached to an aromatic ring is 1. The molecule has 1 heterocycles. The summed E-state index contributed by atoms with van der Waals surface area (Å²) in [6.45, 7) is 4.10. The molecule has 1 aliphatic heterocycles. The van der Waals surface area contributed by atoms with Crippen molar-refractivity contribution in [3.63, 3.8) is 0 Å². The zero-order chi connectivity index (χ0) is 14.4. The van der Waals surface area contributed by atoms with E-state index < -0.39 is 0 Å². The lowest BCUT2D eigenvalue weighted by Gasteiger charge is -2.14. The van der Waals surface area contributed by atoms with Crippen LogP contribution in [-0.2, 0) is 0 Å². The van der Waals surface area contributed by atoms with Crippen molar-refractivity contribution < 1.29 is 9.53 Å². The number of rotatable bonds is 6. The topological polar surface area (TPSA) is 67.6 Å². The van der Waals surface area contributed by atoms with Crippen LogP contribution >= 0.6 is 0 Å². The monoisotopic (exact) mass is 277 g/mol. The average molecular weight is 277 g/mol. The molecule has 0 unspecified atom stereocenters. The number of carbonyl (C=O) groups is 1. The zero-order valence-electron chi connectivity index (χ0n) is 12.0. The molecule has 1 saturated heterocycles. The lowest BCUT2D eigenvalue weighted by Crippen LogP contribution is -2.29. The van der Waals surface area contributed by atoms with Gasteiger partial charge in [0.1, 0.15) is 5.75 Å². The minimum atomic E-state index is -0.136. The van der Waals surface area contributed by atoms with Crippen molar-refractivity contribution in [1.82, 2.24) is 10.2 Å². The van der Waals surface area contributed by atoms with E-state index in [0.29, 0.717) is 23.5 Å². The lowest BCUT2D eigenvalue weighted by atomic mass is 10.1. The second-order valence-corrected chi connectivity index (χ2v) is 5.08. The molecule has 1 aromatic carbocycles. The molecule has 5 heteroatoms. The second-order valence-electron chi connectivity index (χ2n) is 5.08. The number of nitrogens with two attached hydrogens (primary N) is 1. The number of para-hydroxylation sites is 1. The fraction of sp³-hybridized carbons (Fsp3) is 0.533. The predicted molar refractivity (Wildman–Crippen MR) is 80.0 cm³/mol. The minimum Gasteiger partial charge on any atom is -0.495 e. The van der Waals surface area contributed by atoms with E-state index in [4.69, 9.17) is 10.5 Å². The van der Waals surface area contributed by atoms with Crippen LogP contribution in [0, 0.1) is 0 Å². The van der Waals surface area contributed by atoms with Gasteiger partial charge in [0.15, 0.2) is 0 Å². The van der Waals surface area contributed by atoms with Crippen LogP contribution < -0.4 is 15.8 Å². The highest BCUT2D eigenvalue weighted by Gasteiger charge is 2.13. The number of likely N-dealkylation sites (tertiary alicyclic amines) is 1. The Balaban J connectivity index is 1.79. The van der Waals surface area contributed by atoms with E-state index in [-0.39, 0.29) is 5.91 Å². The van der Waals surface area contributed by atoms with Crippen LogP contribution in [0.4, 0.5) is 5.69 Å². The van der Waals surface area contributed by atoms with E-state index in [9.17, 15) is 4.79 Å². The third kappa shape index (κ3) is 3.63. The maximum atomic E-state index is 12.1. The summed E-state index contributed by atoms with van der Waals surface area (Å²) >= 11 is 0. The number of anilines is 1. The maximum absolute atomic E-state index is 12.1. The van der Waals surface area contributed by atoms with Crippen molar-refractivity contribution >= 4 is 11.6 Å². The number of nitrogens with zero attached hydrogens (tertiary/aromatic N) is 1. The summed E-state index contributed by atoms with van der Waals surface area (Å²) in [7, 11) is 1.55. The Morgan fingerprint density at radius 1 is 1.40 bits per heavy atom. The molecule has 0 bridgehead atoms. The van der Waals surface area contributed by atoms with Crippen LogP contribution in [0.5, 0.6) is 5.75 Å². The quantitative estimate of drug-likeness (QED) is 0.611. The number of hydrogen-bond donors (Lipinski definition) is 2. The van der Waals surface area contributed by atoms with Crippen LogP contribution in [-0.4, -0.2) is 44.1 Å². The van der Waals surface area contributed by atoms with Crippen molar-refractivity contribution in [2.24, 2.45) is 0 Å². The molecule has 20 heavy (non-hydrogen) atoms. The number of benzene rings is 1. The van der Waals surface area contributed by atoms with Crippen molar-refractivity contribution in [2.45, 2.75) is 19.3 Å². The largest absolute Gasteiger partial charge is 0.495 e. The first kappa shape index (κ1) is 14.7. The van der Waals surface area contributed by atoms with E-state index in [0.717, 1.165) is 13.0 Å².